The minimum atomic E-state index is -1.12. The van der Waals surface area contributed by atoms with E-state index in [0.717, 1.165) is 0 Å². The normalized spacial score (nSPS) is 19.6. The number of esters is 1. The average molecular weight is 341 g/mol. The van der Waals surface area contributed by atoms with E-state index in [1.54, 1.807) is 24.4 Å². The van der Waals surface area contributed by atoms with E-state index in [9.17, 15) is 9.59 Å². The van der Waals surface area contributed by atoms with Crippen molar-refractivity contribution in [3.8, 4) is 17.6 Å². The maximum atomic E-state index is 11.3. The molecule has 1 amide bonds. The molecular weight excluding hydrogens is 322 g/mol. The molecule has 0 bridgehead atoms. The molecule has 1 aromatic rings. The lowest BCUT2D eigenvalue weighted by Gasteiger charge is -2.31. The number of allylic oxidation sites excluding steroid dienone is 2. The lowest BCUT2D eigenvalue weighted by molar-refractivity contribution is -0.154. The number of hydrogen-bond acceptors (Lipinski definition) is 6. The monoisotopic (exact) mass is 341 g/mol. The Bertz CT molecular complexity index is 774. The van der Waals surface area contributed by atoms with Crippen molar-refractivity contribution in [2.75, 3.05) is 0 Å². The van der Waals surface area contributed by atoms with Gasteiger partial charge in [0.2, 0.25) is 5.91 Å². The van der Waals surface area contributed by atoms with E-state index in [1.807, 2.05) is 19.1 Å². The Morgan fingerprint density at radius 3 is 2.48 bits per heavy atom. The molecule has 1 heterocycles. The Morgan fingerprint density at radius 2 is 1.92 bits per heavy atom. The van der Waals surface area contributed by atoms with Gasteiger partial charge in [-0.2, -0.15) is 0 Å². The summed E-state index contributed by atoms with van der Waals surface area (Å²) < 4.78 is 10.6. The molecule has 130 valence electrons. The van der Waals surface area contributed by atoms with Gasteiger partial charge in [0.1, 0.15) is 11.3 Å². The van der Waals surface area contributed by atoms with Crippen LogP contribution in [0.1, 0.15) is 24.2 Å². The molecule has 0 spiro atoms. The summed E-state index contributed by atoms with van der Waals surface area (Å²) in [6.45, 7) is 3.07. The van der Waals surface area contributed by atoms with Crippen LogP contribution in [0.2, 0.25) is 0 Å². The fourth-order valence-electron chi connectivity index (χ4n) is 1.99. The standard InChI is InChI=1S/C18H19N3O4/c1-13(22)24-16(9-11-18(2)10-3-4-12-21(18)20)25-15-7-5-14(6-8-15)17(19)23/h3-8,10,12,16H,20H2,1-2H3,(H2,19,23). The molecule has 1 aliphatic rings. The molecule has 0 radical (unpaired) electrons. The van der Waals surface area contributed by atoms with Gasteiger partial charge < -0.3 is 15.2 Å². The van der Waals surface area contributed by atoms with Gasteiger partial charge in [0, 0.05) is 18.7 Å². The van der Waals surface area contributed by atoms with Gasteiger partial charge in [-0.1, -0.05) is 12.0 Å². The van der Waals surface area contributed by atoms with Crippen molar-refractivity contribution in [3.05, 3.63) is 54.3 Å². The van der Waals surface area contributed by atoms with Crippen molar-refractivity contribution in [1.82, 2.24) is 5.01 Å². The molecule has 2 atom stereocenters. The van der Waals surface area contributed by atoms with Crippen molar-refractivity contribution in [2.24, 2.45) is 11.6 Å². The average Bonchev–Trinajstić information content (AvgIpc) is 2.56. The van der Waals surface area contributed by atoms with Crippen LogP contribution in [-0.4, -0.2) is 28.7 Å². The van der Waals surface area contributed by atoms with Gasteiger partial charge in [-0.25, -0.2) is 5.84 Å². The van der Waals surface area contributed by atoms with E-state index in [1.165, 1.54) is 24.1 Å². The highest BCUT2D eigenvalue weighted by molar-refractivity contribution is 5.92. The molecule has 0 saturated heterocycles. The van der Waals surface area contributed by atoms with E-state index in [0.29, 0.717) is 11.3 Å². The molecular formula is C18H19N3O4. The Hall–Kier alpha value is -3.24. The number of nitrogens with zero attached hydrogens (tertiary/aromatic N) is 1. The zero-order chi connectivity index (χ0) is 18.4. The van der Waals surface area contributed by atoms with Crippen LogP contribution < -0.4 is 16.3 Å². The second kappa shape index (κ2) is 7.55. The van der Waals surface area contributed by atoms with E-state index in [-0.39, 0.29) is 0 Å². The highest BCUT2D eigenvalue weighted by Crippen LogP contribution is 2.18. The Kier molecular flexibility index (Phi) is 5.47. The topological polar surface area (TPSA) is 108 Å². The zero-order valence-corrected chi connectivity index (χ0v) is 13.9. The number of hydrazine groups is 1. The number of nitrogens with two attached hydrogens (primary N) is 2. The first-order chi connectivity index (χ1) is 11.8. The Balaban J connectivity index is 2.18. The molecule has 7 nitrogen and oxygen atoms in total. The first-order valence-electron chi connectivity index (χ1n) is 7.47. The maximum absolute atomic E-state index is 11.3. The Morgan fingerprint density at radius 1 is 1.24 bits per heavy atom. The third-order valence-electron chi connectivity index (χ3n) is 3.41. The fourth-order valence-corrected chi connectivity index (χ4v) is 1.99. The van der Waals surface area contributed by atoms with Gasteiger partial charge in [0.15, 0.2) is 0 Å². The van der Waals surface area contributed by atoms with Gasteiger partial charge >= 0.3 is 12.3 Å². The molecule has 7 heteroatoms. The molecule has 0 fully saturated rings. The van der Waals surface area contributed by atoms with Crippen LogP contribution in [0.4, 0.5) is 0 Å². The van der Waals surface area contributed by atoms with Gasteiger partial charge in [-0.3, -0.25) is 14.6 Å². The van der Waals surface area contributed by atoms with Gasteiger partial charge in [-0.15, -0.1) is 0 Å². The van der Waals surface area contributed by atoms with Crippen molar-refractivity contribution < 1.29 is 19.1 Å². The summed E-state index contributed by atoms with van der Waals surface area (Å²) in [4.78, 5) is 22.4. The highest BCUT2D eigenvalue weighted by atomic mass is 16.7. The largest absolute Gasteiger partial charge is 0.444 e. The number of benzene rings is 1. The lowest BCUT2D eigenvalue weighted by Crippen LogP contribution is -2.46. The Labute approximate surface area is 145 Å². The smallest absolute Gasteiger partial charge is 0.308 e. The fraction of sp³-hybridized carbons (Fsp3) is 0.222. The van der Waals surface area contributed by atoms with Crippen LogP contribution in [0.3, 0.4) is 0 Å². The number of amides is 1. The van der Waals surface area contributed by atoms with Crippen molar-refractivity contribution >= 4 is 11.9 Å². The predicted molar refractivity (Wildman–Crippen MR) is 91.6 cm³/mol. The van der Waals surface area contributed by atoms with Crippen LogP contribution in [0.5, 0.6) is 5.75 Å². The minimum Gasteiger partial charge on any atom is -0.444 e. The third-order valence-corrected chi connectivity index (χ3v) is 3.41. The van der Waals surface area contributed by atoms with E-state index >= 15 is 0 Å². The molecule has 0 saturated carbocycles. The quantitative estimate of drug-likeness (QED) is 0.367. The van der Waals surface area contributed by atoms with Crippen LogP contribution in [-0.2, 0) is 9.53 Å². The van der Waals surface area contributed by atoms with Gasteiger partial charge in [0.05, 0.1) is 0 Å². The van der Waals surface area contributed by atoms with Crippen LogP contribution >= 0.6 is 0 Å². The summed E-state index contributed by atoms with van der Waals surface area (Å²) in [6, 6.07) is 6.10. The molecule has 0 aromatic heterocycles. The van der Waals surface area contributed by atoms with Crippen molar-refractivity contribution in [1.29, 1.82) is 0 Å². The lowest BCUT2D eigenvalue weighted by atomic mass is 10.00. The van der Waals surface area contributed by atoms with E-state index < -0.39 is 23.7 Å². The van der Waals surface area contributed by atoms with Crippen LogP contribution in [0, 0.1) is 11.8 Å². The summed E-state index contributed by atoms with van der Waals surface area (Å²) in [5.41, 5.74) is 4.77. The minimum absolute atomic E-state index is 0.341. The number of primary amides is 1. The summed E-state index contributed by atoms with van der Waals surface area (Å²) in [5, 5.41) is 1.44. The molecule has 2 unspecified atom stereocenters. The zero-order valence-electron chi connectivity index (χ0n) is 13.9. The summed E-state index contributed by atoms with van der Waals surface area (Å²) in [6.07, 6.45) is 5.97. The highest BCUT2D eigenvalue weighted by Gasteiger charge is 2.24. The van der Waals surface area contributed by atoms with Crippen molar-refractivity contribution in [2.45, 2.75) is 25.7 Å². The molecule has 1 aromatic carbocycles. The number of carbonyl (C=O) groups is 2. The second-order valence-electron chi connectivity index (χ2n) is 5.47. The van der Waals surface area contributed by atoms with E-state index in [4.69, 9.17) is 21.1 Å². The van der Waals surface area contributed by atoms with Gasteiger partial charge in [0.25, 0.3) is 0 Å². The number of hydrogen-bond donors (Lipinski definition) is 2. The molecule has 2 rings (SSSR count). The van der Waals surface area contributed by atoms with Crippen molar-refractivity contribution in [3.63, 3.8) is 0 Å². The van der Waals surface area contributed by atoms with Crippen LogP contribution in [0.15, 0.2) is 48.7 Å². The summed E-state index contributed by atoms with van der Waals surface area (Å²) in [5.74, 6) is 10.9. The third kappa shape index (κ3) is 4.86. The van der Waals surface area contributed by atoms with E-state index in [2.05, 4.69) is 11.8 Å². The van der Waals surface area contributed by atoms with Crippen LogP contribution in [0.25, 0.3) is 0 Å². The molecule has 0 aliphatic carbocycles. The van der Waals surface area contributed by atoms with Gasteiger partial charge in [-0.05, 0) is 49.3 Å². The first kappa shape index (κ1) is 18.1. The molecule has 25 heavy (non-hydrogen) atoms. The second-order valence-corrected chi connectivity index (χ2v) is 5.47. The summed E-state index contributed by atoms with van der Waals surface area (Å²) >= 11 is 0. The molecule has 1 aliphatic heterocycles. The number of rotatable bonds is 4. The first-order valence-corrected chi connectivity index (χ1v) is 7.47. The number of carbonyl (C=O) groups excluding carboxylic acids is 2. The SMILES string of the molecule is CC(=O)OC(C#CC1(C)C=CC=CN1N)Oc1ccc(C(N)=O)cc1. The maximum Gasteiger partial charge on any atom is 0.308 e. The summed E-state index contributed by atoms with van der Waals surface area (Å²) in [7, 11) is 0. The molecule has 4 N–H and O–H groups in total. The number of ether oxygens (including phenoxy) is 2. The predicted octanol–water partition coefficient (Wildman–Crippen LogP) is 1.07.